The SMILES string of the molecule is CCC1CSC2=NC(c3ccccn3)C(c3cccn3-c3ccccn3)N21. The van der Waals surface area contributed by atoms with Gasteiger partial charge in [-0.05, 0) is 42.8 Å². The Balaban J connectivity index is 1.63. The number of aliphatic imine (C=N–C) groups is 1. The third-order valence-electron chi connectivity index (χ3n) is 5.31. The fraction of sp³-hybridized carbons (Fsp3) is 0.286. The van der Waals surface area contributed by atoms with Gasteiger partial charge in [0.1, 0.15) is 17.9 Å². The molecule has 0 saturated carbocycles. The van der Waals surface area contributed by atoms with Crippen LogP contribution in [0.2, 0.25) is 0 Å². The number of aromatic nitrogens is 3. The van der Waals surface area contributed by atoms with E-state index in [9.17, 15) is 0 Å². The van der Waals surface area contributed by atoms with Gasteiger partial charge in [0.15, 0.2) is 5.17 Å². The minimum absolute atomic E-state index is 0.000382. The van der Waals surface area contributed by atoms with Gasteiger partial charge in [0.05, 0.1) is 5.69 Å². The van der Waals surface area contributed by atoms with E-state index >= 15 is 0 Å². The van der Waals surface area contributed by atoms with Gasteiger partial charge >= 0.3 is 0 Å². The highest BCUT2D eigenvalue weighted by Crippen LogP contribution is 2.48. The smallest absolute Gasteiger partial charge is 0.160 e. The highest BCUT2D eigenvalue weighted by atomic mass is 32.2. The van der Waals surface area contributed by atoms with Gasteiger partial charge < -0.3 is 9.47 Å². The van der Waals surface area contributed by atoms with Crippen molar-refractivity contribution < 1.29 is 0 Å². The zero-order valence-corrected chi connectivity index (χ0v) is 16.0. The van der Waals surface area contributed by atoms with Gasteiger partial charge in [0.25, 0.3) is 0 Å². The molecule has 6 heteroatoms. The zero-order valence-electron chi connectivity index (χ0n) is 15.1. The first kappa shape index (κ1) is 16.6. The van der Waals surface area contributed by atoms with Crippen LogP contribution in [0.1, 0.15) is 36.8 Å². The molecule has 5 heterocycles. The third kappa shape index (κ3) is 2.75. The van der Waals surface area contributed by atoms with Gasteiger partial charge in [0.2, 0.25) is 0 Å². The van der Waals surface area contributed by atoms with Gasteiger partial charge in [0, 0.05) is 36.1 Å². The molecular formula is C21H21N5S. The molecule has 0 radical (unpaired) electrons. The summed E-state index contributed by atoms with van der Waals surface area (Å²) in [5.74, 6) is 2.04. The Labute approximate surface area is 163 Å². The number of amidine groups is 1. The lowest BCUT2D eigenvalue weighted by molar-refractivity contribution is 0.248. The molecule has 3 atom stereocenters. The summed E-state index contributed by atoms with van der Waals surface area (Å²) in [4.78, 5) is 16.8. The molecule has 27 heavy (non-hydrogen) atoms. The number of fused-ring (bicyclic) bond motifs is 1. The molecule has 3 unspecified atom stereocenters. The Hall–Kier alpha value is -2.60. The van der Waals surface area contributed by atoms with Crippen LogP contribution in [0.25, 0.3) is 5.82 Å². The van der Waals surface area contributed by atoms with Crippen molar-refractivity contribution in [3.8, 4) is 5.82 Å². The lowest BCUT2D eigenvalue weighted by atomic mass is 9.99. The number of nitrogens with zero attached hydrogens (tertiary/aromatic N) is 5. The molecule has 5 rings (SSSR count). The normalized spacial score (nSPS) is 24.1. The first-order valence-corrected chi connectivity index (χ1v) is 10.3. The first-order chi connectivity index (χ1) is 13.4. The molecule has 0 amide bonds. The largest absolute Gasteiger partial charge is 0.337 e. The van der Waals surface area contributed by atoms with Crippen molar-refractivity contribution in [2.45, 2.75) is 31.5 Å². The van der Waals surface area contributed by atoms with E-state index in [1.165, 1.54) is 5.69 Å². The van der Waals surface area contributed by atoms with E-state index in [4.69, 9.17) is 4.99 Å². The maximum absolute atomic E-state index is 5.10. The number of rotatable bonds is 4. The molecule has 0 aromatic carbocycles. The second-order valence-corrected chi connectivity index (χ2v) is 7.81. The minimum Gasteiger partial charge on any atom is -0.337 e. The van der Waals surface area contributed by atoms with Crippen LogP contribution < -0.4 is 0 Å². The molecule has 5 nitrogen and oxygen atoms in total. The average molecular weight is 376 g/mol. The zero-order chi connectivity index (χ0) is 18.2. The first-order valence-electron chi connectivity index (χ1n) is 9.35. The highest BCUT2D eigenvalue weighted by Gasteiger charge is 2.46. The molecule has 0 aliphatic carbocycles. The number of pyridine rings is 2. The Bertz CT molecular complexity index is 953. The van der Waals surface area contributed by atoms with E-state index in [0.29, 0.717) is 6.04 Å². The lowest BCUT2D eigenvalue weighted by Crippen LogP contribution is -2.36. The summed E-state index contributed by atoms with van der Waals surface area (Å²) in [7, 11) is 0. The Kier molecular flexibility index (Phi) is 4.20. The van der Waals surface area contributed by atoms with Crippen LogP contribution >= 0.6 is 11.8 Å². The van der Waals surface area contributed by atoms with Crippen LogP contribution in [-0.2, 0) is 0 Å². The molecule has 1 saturated heterocycles. The lowest BCUT2D eigenvalue weighted by Gasteiger charge is -2.32. The fourth-order valence-corrected chi connectivity index (χ4v) is 5.35. The molecule has 1 fully saturated rings. The second-order valence-electron chi connectivity index (χ2n) is 6.83. The van der Waals surface area contributed by atoms with Crippen LogP contribution in [0.15, 0.2) is 72.1 Å². The third-order valence-corrected chi connectivity index (χ3v) is 6.43. The number of hydrogen-bond acceptors (Lipinski definition) is 5. The van der Waals surface area contributed by atoms with Gasteiger partial charge in [-0.1, -0.05) is 30.8 Å². The van der Waals surface area contributed by atoms with Crippen LogP contribution in [0.3, 0.4) is 0 Å². The molecule has 3 aromatic heterocycles. The van der Waals surface area contributed by atoms with E-state index < -0.39 is 0 Å². The Morgan fingerprint density at radius 2 is 1.89 bits per heavy atom. The number of thioether (sulfide) groups is 1. The van der Waals surface area contributed by atoms with E-state index in [-0.39, 0.29) is 12.1 Å². The summed E-state index contributed by atoms with van der Waals surface area (Å²) in [6.45, 7) is 2.26. The van der Waals surface area contributed by atoms with Gasteiger partial charge in [-0.3, -0.25) is 9.98 Å². The van der Waals surface area contributed by atoms with Crippen LogP contribution in [0.4, 0.5) is 0 Å². The molecule has 2 aliphatic rings. The molecule has 3 aromatic rings. The average Bonchev–Trinajstić information content (AvgIpc) is 3.44. The summed E-state index contributed by atoms with van der Waals surface area (Å²) >= 11 is 1.87. The summed E-state index contributed by atoms with van der Waals surface area (Å²) in [5, 5.41) is 1.15. The molecular weight excluding hydrogens is 354 g/mol. The van der Waals surface area contributed by atoms with Crippen molar-refractivity contribution >= 4 is 16.9 Å². The molecule has 136 valence electrons. The minimum atomic E-state index is 0.000382. The Morgan fingerprint density at radius 1 is 1.04 bits per heavy atom. The fourth-order valence-electron chi connectivity index (χ4n) is 4.01. The molecule has 0 N–H and O–H groups in total. The van der Waals surface area contributed by atoms with Crippen molar-refractivity contribution in [3.05, 3.63) is 78.5 Å². The van der Waals surface area contributed by atoms with Crippen LogP contribution in [0, 0.1) is 0 Å². The van der Waals surface area contributed by atoms with Crippen molar-refractivity contribution in [1.29, 1.82) is 0 Å². The summed E-state index contributed by atoms with van der Waals surface area (Å²) in [6.07, 6.45) is 6.90. The monoisotopic (exact) mass is 375 g/mol. The predicted molar refractivity (Wildman–Crippen MR) is 109 cm³/mol. The second kappa shape index (κ2) is 6.85. The summed E-state index contributed by atoms with van der Waals surface area (Å²) in [5.41, 5.74) is 2.23. The standard InChI is InChI=1S/C21H21N5S/c1-2-15-14-27-21-24-19(16-8-3-5-11-22-16)20(26(15)21)17-9-7-13-25(17)18-10-4-6-12-23-18/h3-13,15,19-20H,2,14H2,1H3. The summed E-state index contributed by atoms with van der Waals surface area (Å²) in [6, 6.07) is 17.0. The van der Waals surface area contributed by atoms with Crippen LogP contribution in [0.5, 0.6) is 0 Å². The molecule has 0 bridgehead atoms. The summed E-state index contributed by atoms with van der Waals surface area (Å²) < 4.78 is 2.19. The van der Waals surface area contributed by atoms with Gasteiger partial charge in [-0.15, -0.1) is 0 Å². The quantitative estimate of drug-likeness (QED) is 0.684. The van der Waals surface area contributed by atoms with Crippen LogP contribution in [-0.4, -0.2) is 36.4 Å². The van der Waals surface area contributed by atoms with E-state index in [2.05, 4.69) is 50.8 Å². The topological polar surface area (TPSA) is 46.3 Å². The van der Waals surface area contributed by atoms with Gasteiger partial charge in [-0.2, -0.15) is 0 Å². The Morgan fingerprint density at radius 3 is 2.63 bits per heavy atom. The van der Waals surface area contributed by atoms with Crippen molar-refractivity contribution in [1.82, 2.24) is 19.4 Å². The van der Waals surface area contributed by atoms with Crippen molar-refractivity contribution in [2.75, 3.05) is 5.75 Å². The van der Waals surface area contributed by atoms with E-state index in [1.807, 2.05) is 54.5 Å². The number of hydrogen-bond donors (Lipinski definition) is 0. The van der Waals surface area contributed by atoms with Crippen molar-refractivity contribution in [3.63, 3.8) is 0 Å². The molecule has 2 aliphatic heterocycles. The molecule has 0 spiro atoms. The highest BCUT2D eigenvalue weighted by molar-refractivity contribution is 8.14. The van der Waals surface area contributed by atoms with E-state index in [0.717, 1.165) is 28.9 Å². The predicted octanol–water partition coefficient (Wildman–Crippen LogP) is 4.25. The van der Waals surface area contributed by atoms with Gasteiger partial charge in [-0.25, -0.2) is 4.98 Å². The van der Waals surface area contributed by atoms with E-state index in [1.54, 1.807) is 0 Å². The van der Waals surface area contributed by atoms with Crippen molar-refractivity contribution in [2.24, 2.45) is 4.99 Å². The maximum Gasteiger partial charge on any atom is 0.160 e. The maximum atomic E-state index is 5.10.